The number of hydrogen-bond acceptors (Lipinski definition) is 7. The van der Waals surface area contributed by atoms with Crippen molar-refractivity contribution in [3.8, 4) is 0 Å². The Balaban J connectivity index is 4.61. The topological polar surface area (TPSA) is 214 Å². The molecule has 2 amide bonds. The van der Waals surface area contributed by atoms with Crippen molar-refractivity contribution < 1.29 is 46.0 Å². The van der Waals surface area contributed by atoms with E-state index in [9.17, 15) is 34.5 Å². The van der Waals surface area contributed by atoms with Crippen LogP contribution in [0.4, 0.5) is 0 Å². The molecule has 11 heteroatoms. The maximum absolute atomic E-state index is 11.5. The summed E-state index contributed by atoms with van der Waals surface area (Å²) in [5, 5.41) is 35.6. The second-order valence-electron chi connectivity index (χ2n) is 4.70. The monoisotopic (exact) mass is 320 g/mol. The molecule has 1 unspecified atom stereocenters. The van der Waals surface area contributed by atoms with Gasteiger partial charge in [-0.25, -0.2) is 0 Å². The van der Waals surface area contributed by atoms with Gasteiger partial charge in [-0.1, -0.05) is 0 Å². The summed E-state index contributed by atoms with van der Waals surface area (Å²) in [7, 11) is 0. The van der Waals surface area contributed by atoms with Crippen LogP contribution < -0.4 is 32.3 Å². The van der Waals surface area contributed by atoms with Gasteiger partial charge in [0.25, 0.3) is 0 Å². The van der Waals surface area contributed by atoms with Crippen molar-refractivity contribution >= 4 is 23.8 Å². The Hall–Kier alpha value is -2.24. The molecule has 0 aromatic rings. The molecule has 22 heavy (non-hydrogen) atoms. The largest absolute Gasteiger partial charge is 0.547 e. The van der Waals surface area contributed by atoms with Crippen LogP contribution in [0.1, 0.15) is 12.8 Å². The summed E-state index contributed by atoms with van der Waals surface area (Å²) in [6, 6.07) is -1.24. The molecule has 0 radical (unpaired) electrons. The molecule has 2 atom stereocenters. The van der Waals surface area contributed by atoms with Gasteiger partial charge in [0.15, 0.2) is 0 Å². The third kappa shape index (κ3) is 6.97. The van der Waals surface area contributed by atoms with E-state index in [0.717, 1.165) is 0 Å². The number of nitrogens with one attached hydrogen (secondary N) is 2. The van der Waals surface area contributed by atoms with Crippen LogP contribution >= 0.6 is 0 Å². The molecule has 0 aromatic heterocycles. The lowest BCUT2D eigenvalue weighted by Crippen LogP contribution is -2.72. The number of hydrogen-bond donors (Lipinski definition) is 5. The number of aliphatic carboxylic acids is 2. The molecule has 11 nitrogen and oxygen atoms in total. The zero-order valence-corrected chi connectivity index (χ0v) is 11.9. The van der Waals surface area contributed by atoms with Gasteiger partial charge in [0.1, 0.15) is 17.6 Å². The first kappa shape index (κ1) is 19.8. The van der Waals surface area contributed by atoms with Gasteiger partial charge in [0.05, 0.1) is 38.4 Å². The quantitative estimate of drug-likeness (QED) is 0.261. The highest BCUT2D eigenvalue weighted by molar-refractivity contribution is 5.91. The van der Waals surface area contributed by atoms with Crippen LogP contribution in [-0.4, -0.2) is 60.1 Å². The summed E-state index contributed by atoms with van der Waals surface area (Å²) in [5.41, 5.74) is 3.95. The minimum absolute atomic E-state index is 0.183. The lowest BCUT2D eigenvalue weighted by molar-refractivity contribution is -0.435. The molecular weight excluding hydrogens is 300 g/mol. The van der Waals surface area contributed by atoms with Crippen molar-refractivity contribution in [3.63, 3.8) is 0 Å². The summed E-state index contributed by atoms with van der Waals surface area (Å²) in [6.07, 6.45) is -1.84. The molecule has 0 aliphatic carbocycles. The normalized spacial score (nSPS) is 14.5. The van der Waals surface area contributed by atoms with Crippen molar-refractivity contribution in [1.82, 2.24) is 10.6 Å². The number of carbonyl (C=O) groups is 4. The maximum Gasteiger partial charge on any atom is 0.223 e. The van der Waals surface area contributed by atoms with Crippen molar-refractivity contribution in [3.05, 3.63) is 0 Å². The van der Waals surface area contributed by atoms with Crippen LogP contribution in [-0.2, 0) is 19.2 Å². The van der Waals surface area contributed by atoms with Gasteiger partial charge in [0.2, 0.25) is 11.8 Å². The van der Waals surface area contributed by atoms with Gasteiger partial charge in [-0.15, -0.1) is 0 Å². The summed E-state index contributed by atoms with van der Waals surface area (Å²) in [6.45, 7) is 0.144. The maximum atomic E-state index is 11.5. The smallest absolute Gasteiger partial charge is 0.223 e. The average molecular weight is 320 g/mol. The predicted octanol–water partition coefficient (Wildman–Crippen LogP) is -7.92. The minimum Gasteiger partial charge on any atom is -0.547 e. The van der Waals surface area contributed by atoms with E-state index < -0.39 is 54.8 Å². The fraction of sp³-hybridized carbons (Fsp3) is 0.636. The molecule has 0 spiro atoms. The van der Waals surface area contributed by atoms with Gasteiger partial charge >= 0.3 is 0 Å². The Morgan fingerprint density at radius 3 is 2.00 bits per heavy atom. The van der Waals surface area contributed by atoms with Gasteiger partial charge in [-0.3, -0.25) is 9.59 Å². The summed E-state index contributed by atoms with van der Waals surface area (Å²) < 4.78 is 0. The number of amides is 2. The molecule has 0 aliphatic heterocycles. The van der Waals surface area contributed by atoms with E-state index in [4.69, 9.17) is 0 Å². The highest BCUT2D eigenvalue weighted by Crippen LogP contribution is 2.14. The van der Waals surface area contributed by atoms with E-state index >= 15 is 0 Å². The van der Waals surface area contributed by atoms with Crippen LogP contribution in [0.25, 0.3) is 0 Å². The van der Waals surface area contributed by atoms with Gasteiger partial charge in [-0.2, -0.15) is 0 Å². The van der Waals surface area contributed by atoms with Gasteiger partial charge in [-0.05, 0) is 0 Å². The second kappa shape index (κ2) is 8.92. The fourth-order valence-electron chi connectivity index (χ4n) is 1.41. The van der Waals surface area contributed by atoms with E-state index in [1.165, 1.54) is 0 Å². The van der Waals surface area contributed by atoms with Crippen LogP contribution in [0.2, 0.25) is 0 Å². The van der Waals surface area contributed by atoms with Crippen molar-refractivity contribution in [2.45, 2.75) is 24.5 Å². The number of rotatable bonds is 10. The van der Waals surface area contributed by atoms with Crippen molar-refractivity contribution in [1.29, 1.82) is 0 Å². The first-order valence-electron chi connectivity index (χ1n) is 6.42. The Morgan fingerprint density at radius 1 is 1.09 bits per heavy atom. The molecule has 0 aromatic carbocycles. The molecule has 0 aliphatic rings. The molecule has 0 heterocycles. The predicted molar refractivity (Wildman–Crippen MR) is 64.6 cm³/mol. The Morgan fingerprint density at radius 2 is 1.59 bits per heavy atom. The highest BCUT2D eigenvalue weighted by atomic mass is 16.4. The SMILES string of the molecule is [NH3+]CCNC(=O)CC(O)(CC(=O)NC[C@H]([NH3+])C(=O)[O-])C(=O)[O-]. The van der Waals surface area contributed by atoms with Crippen LogP contribution in [0.15, 0.2) is 0 Å². The fourth-order valence-corrected chi connectivity index (χ4v) is 1.41. The molecule has 0 saturated heterocycles. The summed E-state index contributed by atoms with van der Waals surface area (Å²) >= 11 is 0. The zero-order chi connectivity index (χ0) is 17.3. The zero-order valence-electron chi connectivity index (χ0n) is 11.9. The van der Waals surface area contributed by atoms with E-state index in [0.29, 0.717) is 6.54 Å². The minimum atomic E-state index is -2.70. The molecule has 126 valence electrons. The van der Waals surface area contributed by atoms with Crippen molar-refractivity contribution in [2.75, 3.05) is 19.6 Å². The van der Waals surface area contributed by atoms with Gasteiger partial charge in [0, 0.05) is 0 Å². The lowest BCUT2D eigenvalue weighted by Gasteiger charge is -2.28. The third-order valence-electron chi connectivity index (χ3n) is 2.66. The molecule has 0 bridgehead atoms. The Kier molecular flexibility index (Phi) is 8.01. The number of carboxylic acid groups (broad SMARTS) is 2. The van der Waals surface area contributed by atoms with Gasteiger partial charge < -0.3 is 47.0 Å². The first-order valence-corrected chi connectivity index (χ1v) is 6.42. The van der Waals surface area contributed by atoms with E-state index in [1.54, 1.807) is 0 Å². The van der Waals surface area contributed by atoms with E-state index in [2.05, 4.69) is 22.1 Å². The number of aliphatic hydroxyl groups is 1. The summed E-state index contributed by atoms with van der Waals surface area (Å²) in [4.78, 5) is 44.4. The number of quaternary nitrogens is 2. The van der Waals surface area contributed by atoms with Crippen LogP contribution in [0.5, 0.6) is 0 Å². The van der Waals surface area contributed by atoms with Crippen LogP contribution in [0.3, 0.4) is 0 Å². The molecule has 0 fully saturated rings. The second-order valence-corrected chi connectivity index (χ2v) is 4.70. The van der Waals surface area contributed by atoms with E-state index in [-0.39, 0.29) is 6.54 Å². The standard InChI is InChI=1S/C11H20N4O7/c12-1-2-14-7(16)3-11(22,10(20)21)4-8(17)15-5-6(13)9(18)19/h6,22H,1-5,12-13H2,(H,14,16)(H,15,17)(H,18,19)(H,20,21)/t6-,11?/m0/s1. The Bertz CT molecular complexity index is 442. The summed E-state index contributed by atoms with van der Waals surface area (Å²) in [5.74, 6) is -5.24. The van der Waals surface area contributed by atoms with E-state index in [1.807, 2.05) is 0 Å². The van der Waals surface area contributed by atoms with Crippen LogP contribution in [0, 0.1) is 0 Å². The highest BCUT2D eigenvalue weighted by Gasteiger charge is 2.34. The van der Waals surface area contributed by atoms with Crippen molar-refractivity contribution in [2.24, 2.45) is 0 Å². The third-order valence-corrected chi connectivity index (χ3v) is 2.66. The first-order chi connectivity index (χ1) is 10.1. The number of carboxylic acids is 2. The molecule has 0 rings (SSSR count). The average Bonchev–Trinajstić information content (AvgIpc) is 2.41. The molecule has 9 N–H and O–H groups in total. The Labute approximate surface area is 125 Å². The molecular formula is C11H20N4O7. The lowest BCUT2D eigenvalue weighted by atomic mass is 9.94. The number of carbonyl (C=O) groups excluding carboxylic acids is 4. The molecule has 0 saturated carbocycles.